The second-order valence-corrected chi connectivity index (χ2v) is 7.79. The van der Waals surface area contributed by atoms with Crippen LogP contribution in [-0.2, 0) is 16.1 Å². The molecule has 5 heterocycles. The summed E-state index contributed by atoms with van der Waals surface area (Å²) in [5.74, 6) is -0.475. The van der Waals surface area contributed by atoms with Crippen molar-refractivity contribution in [3.05, 3.63) is 84.3 Å². The molecule has 0 N–H and O–H groups in total. The third-order valence-corrected chi connectivity index (χ3v) is 5.95. The molecule has 0 radical (unpaired) electrons. The van der Waals surface area contributed by atoms with Crippen molar-refractivity contribution in [3.8, 4) is 0 Å². The number of pyridine rings is 2. The minimum atomic E-state index is -1.17. The van der Waals surface area contributed by atoms with Crippen LogP contribution in [0, 0.1) is 0 Å². The molecule has 3 aromatic heterocycles. The molecule has 0 aromatic carbocycles. The molecule has 8 nitrogen and oxygen atoms in total. The van der Waals surface area contributed by atoms with Gasteiger partial charge < -0.3 is 19.0 Å². The standard InChI is InChI=1S/C23H22N4O4/c28-21(20-7-4-11-30-20)27-15-19(17-5-3-8-24-13-17)23(16-27)22(29)26(10-12-31-23)14-18-6-1-2-9-25-18/h1-9,11,13,19H,10,12,14-16H2/t19-,23+/m1/s1. The van der Waals surface area contributed by atoms with Gasteiger partial charge in [0, 0.05) is 37.6 Å². The Morgan fingerprint density at radius 3 is 2.84 bits per heavy atom. The van der Waals surface area contributed by atoms with Crippen molar-refractivity contribution >= 4 is 11.8 Å². The number of furan rings is 1. The van der Waals surface area contributed by atoms with Gasteiger partial charge in [-0.15, -0.1) is 0 Å². The quantitative estimate of drug-likeness (QED) is 0.645. The maximum absolute atomic E-state index is 13.8. The average molecular weight is 418 g/mol. The molecule has 3 aromatic rings. The second kappa shape index (κ2) is 7.96. The maximum Gasteiger partial charge on any atom is 0.289 e. The SMILES string of the molecule is O=C(c1ccco1)N1C[C@H](c2cccnc2)[C@]2(C1)OCCN(Cc1ccccn1)C2=O. The van der Waals surface area contributed by atoms with Crippen LogP contribution in [0.5, 0.6) is 0 Å². The Kier molecular flexibility index (Phi) is 4.99. The number of aromatic nitrogens is 2. The summed E-state index contributed by atoms with van der Waals surface area (Å²) in [6.07, 6.45) is 6.61. The molecule has 5 rings (SSSR count). The third kappa shape index (κ3) is 3.48. The fourth-order valence-corrected chi connectivity index (χ4v) is 4.46. The van der Waals surface area contributed by atoms with E-state index in [2.05, 4.69) is 9.97 Å². The van der Waals surface area contributed by atoms with Gasteiger partial charge in [0.2, 0.25) is 0 Å². The van der Waals surface area contributed by atoms with Gasteiger partial charge in [0.25, 0.3) is 11.8 Å². The highest BCUT2D eigenvalue weighted by atomic mass is 16.5. The van der Waals surface area contributed by atoms with Gasteiger partial charge in [0.05, 0.1) is 31.7 Å². The number of likely N-dealkylation sites (tertiary alicyclic amines) is 1. The number of ether oxygens (including phenoxy) is 1. The van der Waals surface area contributed by atoms with E-state index in [1.807, 2.05) is 30.3 Å². The molecule has 0 saturated carbocycles. The summed E-state index contributed by atoms with van der Waals surface area (Å²) in [5, 5.41) is 0. The molecule has 2 fully saturated rings. The van der Waals surface area contributed by atoms with Gasteiger partial charge in [-0.1, -0.05) is 12.1 Å². The lowest BCUT2D eigenvalue weighted by Gasteiger charge is -2.42. The number of nitrogens with zero attached hydrogens (tertiary/aromatic N) is 4. The van der Waals surface area contributed by atoms with E-state index in [4.69, 9.17) is 9.15 Å². The number of carbonyl (C=O) groups excluding carboxylic acids is 2. The molecule has 1 spiro atoms. The first-order chi connectivity index (χ1) is 15.2. The van der Waals surface area contributed by atoms with E-state index in [0.717, 1.165) is 11.3 Å². The molecule has 2 atom stereocenters. The molecule has 0 bridgehead atoms. The van der Waals surface area contributed by atoms with Gasteiger partial charge >= 0.3 is 0 Å². The van der Waals surface area contributed by atoms with Crippen LogP contribution >= 0.6 is 0 Å². The Balaban J connectivity index is 1.48. The Hall–Kier alpha value is -3.52. The maximum atomic E-state index is 13.8. The zero-order chi connectivity index (χ0) is 21.3. The summed E-state index contributed by atoms with van der Waals surface area (Å²) in [4.78, 5) is 38.8. The van der Waals surface area contributed by atoms with Gasteiger partial charge in [-0.05, 0) is 35.9 Å². The van der Waals surface area contributed by atoms with Crippen molar-refractivity contribution in [2.45, 2.75) is 18.1 Å². The molecular formula is C23H22N4O4. The Morgan fingerprint density at radius 2 is 2.10 bits per heavy atom. The lowest BCUT2D eigenvalue weighted by Crippen LogP contribution is -2.60. The van der Waals surface area contributed by atoms with Crippen molar-refractivity contribution < 1.29 is 18.7 Å². The van der Waals surface area contributed by atoms with Crippen molar-refractivity contribution in [1.29, 1.82) is 0 Å². The number of carbonyl (C=O) groups is 2. The largest absolute Gasteiger partial charge is 0.459 e. The van der Waals surface area contributed by atoms with Crippen molar-refractivity contribution in [2.75, 3.05) is 26.2 Å². The van der Waals surface area contributed by atoms with E-state index in [0.29, 0.717) is 26.2 Å². The fourth-order valence-electron chi connectivity index (χ4n) is 4.46. The van der Waals surface area contributed by atoms with Crippen LogP contribution in [0.3, 0.4) is 0 Å². The molecule has 0 unspecified atom stereocenters. The van der Waals surface area contributed by atoms with Crippen LogP contribution in [0.25, 0.3) is 0 Å². The highest BCUT2D eigenvalue weighted by Gasteiger charge is 2.58. The lowest BCUT2D eigenvalue weighted by atomic mass is 9.83. The first kappa shape index (κ1) is 19.4. The molecule has 2 amide bonds. The van der Waals surface area contributed by atoms with Gasteiger partial charge in [-0.3, -0.25) is 19.6 Å². The van der Waals surface area contributed by atoms with E-state index >= 15 is 0 Å². The number of rotatable bonds is 4. The minimum absolute atomic E-state index is 0.131. The Bertz CT molecular complexity index is 1060. The van der Waals surface area contributed by atoms with E-state index in [-0.39, 0.29) is 30.0 Å². The minimum Gasteiger partial charge on any atom is -0.459 e. The van der Waals surface area contributed by atoms with Crippen molar-refractivity contribution in [1.82, 2.24) is 19.8 Å². The van der Waals surface area contributed by atoms with E-state index < -0.39 is 5.60 Å². The summed E-state index contributed by atoms with van der Waals surface area (Å²) >= 11 is 0. The summed E-state index contributed by atoms with van der Waals surface area (Å²) in [5.41, 5.74) is 0.510. The first-order valence-electron chi connectivity index (χ1n) is 10.2. The summed E-state index contributed by atoms with van der Waals surface area (Å²) in [6, 6.07) is 12.7. The third-order valence-electron chi connectivity index (χ3n) is 5.95. The Morgan fingerprint density at radius 1 is 1.16 bits per heavy atom. The molecule has 2 aliphatic heterocycles. The first-order valence-corrected chi connectivity index (χ1v) is 10.2. The normalized spacial score (nSPS) is 23.5. The smallest absolute Gasteiger partial charge is 0.289 e. The fraction of sp³-hybridized carbons (Fsp3) is 0.304. The lowest BCUT2D eigenvalue weighted by molar-refractivity contribution is -0.172. The molecule has 2 aliphatic rings. The van der Waals surface area contributed by atoms with Gasteiger partial charge in [-0.25, -0.2) is 0 Å². The van der Waals surface area contributed by atoms with Crippen molar-refractivity contribution in [3.63, 3.8) is 0 Å². The number of hydrogen-bond acceptors (Lipinski definition) is 6. The molecule has 0 aliphatic carbocycles. The summed E-state index contributed by atoms with van der Waals surface area (Å²) in [6.45, 7) is 1.76. The van der Waals surface area contributed by atoms with E-state index in [1.54, 1.807) is 40.5 Å². The monoisotopic (exact) mass is 418 g/mol. The van der Waals surface area contributed by atoms with Gasteiger partial charge in [0.15, 0.2) is 11.4 Å². The van der Waals surface area contributed by atoms with Crippen LogP contribution in [0.15, 0.2) is 71.7 Å². The number of amides is 2. The van der Waals surface area contributed by atoms with E-state index in [9.17, 15) is 9.59 Å². The second-order valence-electron chi connectivity index (χ2n) is 7.79. The molecule has 8 heteroatoms. The predicted molar refractivity (Wildman–Crippen MR) is 110 cm³/mol. The number of hydrogen-bond donors (Lipinski definition) is 0. The molecule has 2 saturated heterocycles. The molecule has 158 valence electrons. The van der Waals surface area contributed by atoms with Gasteiger partial charge in [0.1, 0.15) is 0 Å². The summed E-state index contributed by atoms with van der Waals surface area (Å²) in [7, 11) is 0. The highest BCUT2D eigenvalue weighted by Crippen LogP contribution is 2.42. The zero-order valence-corrected chi connectivity index (χ0v) is 16.9. The molecular weight excluding hydrogens is 396 g/mol. The van der Waals surface area contributed by atoms with E-state index in [1.165, 1.54) is 6.26 Å². The van der Waals surface area contributed by atoms with Crippen LogP contribution < -0.4 is 0 Å². The van der Waals surface area contributed by atoms with Crippen LogP contribution in [0.1, 0.15) is 27.7 Å². The summed E-state index contributed by atoms with van der Waals surface area (Å²) < 4.78 is 11.5. The Labute approximate surface area is 179 Å². The van der Waals surface area contributed by atoms with Crippen molar-refractivity contribution in [2.24, 2.45) is 0 Å². The average Bonchev–Trinajstić information content (AvgIpc) is 3.47. The van der Waals surface area contributed by atoms with Crippen LogP contribution in [0.4, 0.5) is 0 Å². The highest BCUT2D eigenvalue weighted by molar-refractivity contribution is 5.94. The topological polar surface area (TPSA) is 88.8 Å². The van der Waals surface area contributed by atoms with Gasteiger partial charge in [-0.2, -0.15) is 0 Å². The molecule has 31 heavy (non-hydrogen) atoms. The van der Waals surface area contributed by atoms with Crippen LogP contribution in [0.2, 0.25) is 0 Å². The predicted octanol–water partition coefficient (Wildman–Crippen LogP) is 2.11. The van der Waals surface area contributed by atoms with Crippen LogP contribution in [-0.4, -0.2) is 63.4 Å². The number of morpholine rings is 1. The zero-order valence-electron chi connectivity index (χ0n) is 16.9.